The Morgan fingerprint density at radius 3 is 3.00 bits per heavy atom. The molecule has 11 heavy (non-hydrogen) atoms. The third kappa shape index (κ3) is 1.07. The molecule has 0 aliphatic carbocycles. The van der Waals surface area contributed by atoms with Crippen LogP contribution in [0.2, 0.25) is 5.02 Å². The average molecular weight is 171 g/mol. The van der Waals surface area contributed by atoms with Gasteiger partial charge >= 0.3 is 0 Å². The zero-order chi connectivity index (χ0) is 7.84. The van der Waals surface area contributed by atoms with Crippen molar-refractivity contribution in [2.75, 3.05) is 0 Å². The summed E-state index contributed by atoms with van der Waals surface area (Å²) in [5.74, 6) is -0.493. The van der Waals surface area contributed by atoms with Gasteiger partial charge < -0.3 is 4.40 Å². The minimum atomic E-state index is -0.493. The van der Waals surface area contributed by atoms with Gasteiger partial charge in [-0.15, -0.1) is 0 Å². The predicted octanol–water partition coefficient (Wildman–Crippen LogP) is 2.13. The molecule has 0 aliphatic heterocycles. The van der Waals surface area contributed by atoms with Gasteiger partial charge in [0.05, 0.1) is 11.2 Å². The first-order chi connectivity index (χ1) is 5.25. The van der Waals surface area contributed by atoms with E-state index in [0.29, 0.717) is 10.7 Å². The smallest absolute Gasteiger partial charge is 0.231 e. The summed E-state index contributed by atoms with van der Waals surface area (Å²) in [6.45, 7) is 0. The van der Waals surface area contributed by atoms with Crippen molar-refractivity contribution in [3.63, 3.8) is 0 Å². The van der Waals surface area contributed by atoms with Crippen LogP contribution in [0, 0.1) is 5.95 Å². The molecule has 0 atom stereocenters. The number of fused-ring (bicyclic) bond motifs is 1. The van der Waals surface area contributed by atoms with Crippen LogP contribution in [-0.4, -0.2) is 9.38 Å². The van der Waals surface area contributed by atoms with Crippen molar-refractivity contribution in [3.8, 4) is 0 Å². The van der Waals surface area contributed by atoms with Crippen LogP contribution in [0.15, 0.2) is 24.5 Å². The molecule has 56 valence electrons. The fourth-order valence-electron chi connectivity index (χ4n) is 0.934. The summed E-state index contributed by atoms with van der Waals surface area (Å²) in [6, 6.07) is 3.33. The number of hydrogen-bond donors (Lipinski definition) is 0. The van der Waals surface area contributed by atoms with E-state index in [2.05, 4.69) is 4.98 Å². The van der Waals surface area contributed by atoms with E-state index in [9.17, 15) is 4.39 Å². The molecule has 0 N–H and O–H groups in total. The minimum Gasteiger partial charge on any atom is -0.302 e. The van der Waals surface area contributed by atoms with Crippen LogP contribution in [0.1, 0.15) is 0 Å². The molecule has 0 bridgehead atoms. The third-order valence-electron chi connectivity index (χ3n) is 1.39. The third-order valence-corrected chi connectivity index (χ3v) is 1.61. The highest BCUT2D eigenvalue weighted by Gasteiger charge is 1.98. The summed E-state index contributed by atoms with van der Waals surface area (Å²) >= 11 is 5.66. The fraction of sp³-hybridized carbons (Fsp3) is 0. The first-order valence-electron chi connectivity index (χ1n) is 3.05. The van der Waals surface area contributed by atoms with Gasteiger partial charge in [-0.05, 0) is 12.1 Å². The fourth-order valence-corrected chi connectivity index (χ4v) is 1.10. The zero-order valence-corrected chi connectivity index (χ0v) is 6.22. The lowest BCUT2D eigenvalue weighted by Gasteiger charge is -1.90. The molecule has 2 aromatic rings. The topological polar surface area (TPSA) is 17.3 Å². The molecular weight excluding hydrogens is 167 g/mol. The molecule has 0 radical (unpaired) electrons. The highest BCUT2D eigenvalue weighted by Crippen LogP contribution is 2.10. The van der Waals surface area contributed by atoms with E-state index in [1.165, 1.54) is 10.6 Å². The largest absolute Gasteiger partial charge is 0.302 e. The second kappa shape index (κ2) is 2.20. The van der Waals surface area contributed by atoms with Crippen LogP contribution in [0.25, 0.3) is 5.65 Å². The van der Waals surface area contributed by atoms with Gasteiger partial charge in [0.25, 0.3) is 0 Å². The summed E-state index contributed by atoms with van der Waals surface area (Å²) < 4.78 is 14.0. The molecule has 2 nitrogen and oxygen atoms in total. The molecule has 0 aromatic carbocycles. The van der Waals surface area contributed by atoms with Crippen molar-refractivity contribution in [2.45, 2.75) is 0 Å². The van der Waals surface area contributed by atoms with Crippen molar-refractivity contribution >= 4 is 17.2 Å². The molecule has 0 saturated heterocycles. The Morgan fingerprint density at radius 1 is 1.36 bits per heavy atom. The van der Waals surface area contributed by atoms with Crippen LogP contribution < -0.4 is 0 Å². The number of hydrogen-bond acceptors (Lipinski definition) is 1. The van der Waals surface area contributed by atoms with Crippen molar-refractivity contribution in [1.82, 2.24) is 9.38 Å². The normalized spacial score (nSPS) is 10.7. The second-order valence-electron chi connectivity index (χ2n) is 2.18. The lowest BCUT2D eigenvalue weighted by Crippen LogP contribution is -1.79. The number of aromatic nitrogens is 2. The molecule has 0 amide bonds. The van der Waals surface area contributed by atoms with Crippen molar-refractivity contribution < 1.29 is 4.39 Å². The first kappa shape index (κ1) is 6.61. The van der Waals surface area contributed by atoms with Gasteiger partial charge in [-0.3, -0.25) is 0 Å². The lowest BCUT2D eigenvalue weighted by atomic mass is 10.5. The van der Waals surface area contributed by atoms with Gasteiger partial charge in [-0.25, -0.2) is 4.98 Å². The van der Waals surface area contributed by atoms with Gasteiger partial charge in [0.2, 0.25) is 5.95 Å². The molecule has 0 aliphatic rings. The molecule has 0 spiro atoms. The second-order valence-corrected chi connectivity index (χ2v) is 2.61. The van der Waals surface area contributed by atoms with Gasteiger partial charge in [-0.2, -0.15) is 4.39 Å². The SMILES string of the molecule is Fc1cn2cc(Cl)ccc2n1. The maximum absolute atomic E-state index is 12.5. The summed E-state index contributed by atoms with van der Waals surface area (Å²) in [4.78, 5) is 3.59. The van der Waals surface area contributed by atoms with Gasteiger partial charge in [-0.1, -0.05) is 11.6 Å². The van der Waals surface area contributed by atoms with E-state index in [-0.39, 0.29) is 0 Å². The highest BCUT2D eigenvalue weighted by atomic mass is 35.5. The summed E-state index contributed by atoms with van der Waals surface area (Å²) in [5.41, 5.74) is 0.562. The maximum Gasteiger partial charge on any atom is 0.231 e. The van der Waals surface area contributed by atoms with Crippen LogP contribution in [0.5, 0.6) is 0 Å². The van der Waals surface area contributed by atoms with Crippen molar-refractivity contribution in [1.29, 1.82) is 0 Å². The maximum atomic E-state index is 12.5. The van der Waals surface area contributed by atoms with Crippen molar-refractivity contribution in [2.24, 2.45) is 0 Å². The summed E-state index contributed by atoms with van der Waals surface area (Å²) in [5, 5.41) is 0.565. The van der Waals surface area contributed by atoms with Crippen LogP contribution in [0.4, 0.5) is 4.39 Å². The Kier molecular flexibility index (Phi) is 1.32. The zero-order valence-electron chi connectivity index (χ0n) is 5.46. The van der Waals surface area contributed by atoms with Crippen molar-refractivity contribution in [3.05, 3.63) is 35.5 Å². The summed E-state index contributed by atoms with van der Waals surface area (Å²) in [6.07, 6.45) is 2.88. The quantitative estimate of drug-likeness (QED) is 0.592. The van der Waals surface area contributed by atoms with E-state index in [0.717, 1.165) is 0 Å². The summed E-state index contributed by atoms with van der Waals surface area (Å²) in [7, 11) is 0. The number of pyridine rings is 1. The number of imidazole rings is 1. The molecule has 2 heterocycles. The van der Waals surface area contributed by atoms with E-state index in [1.807, 2.05) is 0 Å². The molecule has 0 saturated carbocycles. The van der Waals surface area contributed by atoms with Crippen LogP contribution in [0.3, 0.4) is 0 Å². The van der Waals surface area contributed by atoms with Gasteiger partial charge in [0.15, 0.2) is 0 Å². The lowest BCUT2D eigenvalue weighted by molar-refractivity contribution is 0.592. The van der Waals surface area contributed by atoms with Gasteiger partial charge in [0, 0.05) is 6.20 Å². The Balaban J connectivity index is 2.82. The van der Waals surface area contributed by atoms with E-state index < -0.39 is 5.95 Å². The first-order valence-corrected chi connectivity index (χ1v) is 3.43. The molecule has 2 rings (SSSR count). The van der Waals surface area contributed by atoms with Gasteiger partial charge in [0.1, 0.15) is 5.65 Å². The minimum absolute atomic E-state index is 0.493. The molecule has 0 unspecified atom stereocenters. The Labute approximate surface area is 67.2 Å². The number of nitrogens with zero attached hydrogens (tertiary/aromatic N) is 2. The number of halogens is 2. The van der Waals surface area contributed by atoms with E-state index >= 15 is 0 Å². The average Bonchev–Trinajstić information content (AvgIpc) is 2.27. The molecular formula is C7H4ClFN2. The van der Waals surface area contributed by atoms with Crippen LogP contribution in [-0.2, 0) is 0 Å². The Hall–Kier alpha value is -1.09. The van der Waals surface area contributed by atoms with E-state index in [1.54, 1.807) is 18.3 Å². The Morgan fingerprint density at radius 2 is 2.18 bits per heavy atom. The monoisotopic (exact) mass is 170 g/mol. The van der Waals surface area contributed by atoms with Crippen LogP contribution >= 0.6 is 11.6 Å². The molecule has 0 fully saturated rings. The van der Waals surface area contributed by atoms with E-state index in [4.69, 9.17) is 11.6 Å². The predicted molar refractivity (Wildman–Crippen MR) is 40.2 cm³/mol. The highest BCUT2D eigenvalue weighted by molar-refractivity contribution is 6.30. The standard InChI is InChI=1S/C7H4ClFN2/c8-5-1-2-7-10-6(9)4-11(7)3-5/h1-4H. The molecule has 4 heteroatoms. The molecule has 2 aromatic heterocycles. The number of rotatable bonds is 0. The Bertz CT molecular complexity index is 396.